The monoisotopic (exact) mass is 178 g/mol. The minimum Gasteiger partial charge on any atom is -0.480 e. The first kappa shape index (κ1) is 8.27. The van der Waals surface area contributed by atoms with Gasteiger partial charge in [-0.25, -0.2) is 0 Å². The van der Waals surface area contributed by atoms with Crippen LogP contribution in [0.1, 0.15) is 12.8 Å². The van der Waals surface area contributed by atoms with Crippen molar-refractivity contribution in [3.8, 4) is 0 Å². The lowest BCUT2D eigenvalue weighted by atomic mass is 10.2. The topological polar surface area (TPSA) is 37.3 Å². The molecule has 2 nitrogen and oxygen atoms in total. The van der Waals surface area contributed by atoms with Gasteiger partial charge in [0, 0.05) is 5.25 Å². The van der Waals surface area contributed by atoms with Crippen molar-refractivity contribution in [2.45, 2.75) is 23.3 Å². The molecule has 0 amide bonds. The van der Waals surface area contributed by atoms with E-state index in [2.05, 4.69) is 12.6 Å². The third-order valence-corrected chi connectivity index (χ3v) is 3.71. The zero-order valence-corrected chi connectivity index (χ0v) is 7.20. The SMILES string of the molecule is O=C(O)C1SCCCC1S. The van der Waals surface area contributed by atoms with E-state index in [0.717, 1.165) is 18.6 Å². The molecular formula is C6H10O2S2. The number of rotatable bonds is 1. The van der Waals surface area contributed by atoms with Crippen LogP contribution in [0.3, 0.4) is 0 Å². The van der Waals surface area contributed by atoms with Crippen molar-refractivity contribution in [2.75, 3.05) is 5.75 Å². The number of aliphatic carboxylic acids is 1. The van der Waals surface area contributed by atoms with Gasteiger partial charge in [0.15, 0.2) is 0 Å². The Labute approximate surface area is 69.8 Å². The minimum atomic E-state index is -0.718. The molecule has 0 aliphatic carbocycles. The van der Waals surface area contributed by atoms with E-state index < -0.39 is 5.97 Å². The molecule has 58 valence electrons. The molecular weight excluding hydrogens is 168 g/mol. The van der Waals surface area contributed by atoms with Crippen molar-refractivity contribution < 1.29 is 9.90 Å². The number of hydrogen-bond donors (Lipinski definition) is 2. The number of hydrogen-bond acceptors (Lipinski definition) is 3. The number of carbonyl (C=O) groups is 1. The summed E-state index contributed by atoms with van der Waals surface area (Å²) in [4.78, 5) is 10.5. The molecule has 1 aliphatic heterocycles. The van der Waals surface area contributed by atoms with E-state index in [-0.39, 0.29) is 10.5 Å². The molecule has 2 atom stereocenters. The van der Waals surface area contributed by atoms with E-state index in [1.54, 1.807) is 0 Å². The smallest absolute Gasteiger partial charge is 0.317 e. The largest absolute Gasteiger partial charge is 0.480 e. The highest BCUT2D eigenvalue weighted by Gasteiger charge is 2.28. The summed E-state index contributed by atoms with van der Waals surface area (Å²) >= 11 is 5.70. The Kier molecular flexibility index (Phi) is 2.92. The Morgan fingerprint density at radius 2 is 2.40 bits per heavy atom. The van der Waals surface area contributed by atoms with Crippen LogP contribution >= 0.6 is 24.4 Å². The van der Waals surface area contributed by atoms with Crippen LogP contribution in [0.5, 0.6) is 0 Å². The van der Waals surface area contributed by atoms with E-state index >= 15 is 0 Å². The molecule has 4 heteroatoms. The maximum Gasteiger partial charge on any atom is 0.317 e. The van der Waals surface area contributed by atoms with Crippen molar-refractivity contribution in [1.82, 2.24) is 0 Å². The first-order chi connectivity index (χ1) is 4.72. The summed E-state index contributed by atoms with van der Waals surface area (Å²) in [7, 11) is 0. The summed E-state index contributed by atoms with van der Waals surface area (Å²) in [5, 5.41) is 8.41. The Morgan fingerprint density at radius 3 is 2.80 bits per heavy atom. The van der Waals surface area contributed by atoms with Crippen molar-refractivity contribution >= 4 is 30.4 Å². The Balaban J connectivity index is 2.47. The van der Waals surface area contributed by atoms with Crippen LogP contribution in [-0.2, 0) is 4.79 Å². The van der Waals surface area contributed by atoms with E-state index in [4.69, 9.17) is 5.11 Å². The number of carboxylic acid groups (broad SMARTS) is 1. The molecule has 1 fully saturated rings. The number of carboxylic acids is 1. The van der Waals surface area contributed by atoms with Gasteiger partial charge in [0.05, 0.1) is 0 Å². The molecule has 1 rings (SSSR count). The van der Waals surface area contributed by atoms with E-state index in [1.807, 2.05) is 0 Å². The Bertz CT molecular complexity index is 138. The van der Waals surface area contributed by atoms with Gasteiger partial charge in [-0.2, -0.15) is 12.6 Å². The maximum atomic E-state index is 10.5. The Morgan fingerprint density at radius 1 is 1.70 bits per heavy atom. The Hall–Kier alpha value is 0.170. The van der Waals surface area contributed by atoms with Gasteiger partial charge in [-0.05, 0) is 18.6 Å². The molecule has 0 aromatic carbocycles. The lowest BCUT2D eigenvalue weighted by molar-refractivity contribution is -0.136. The molecule has 0 aromatic rings. The summed E-state index contributed by atoms with van der Waals surface area (Å²) < 4.78 is 0. The second kappa shape index (κ2) is 3.53. The molecule has 0 spiro atoms. The average Bonchev–Trinajstić information content (AvgIpc) is 1.88. The second-order valence-electron chi connectivity index (χ2n) is 2.34. The molecule has 1 aliphatic rings. The van der Waals surface area contributed by atoms with Gasteiger partial charge >= 0.3 is 5.97 Å². The minimum absolute atomic E-state index is 0.0521. The lowest BCUT2D eigenvalue weighted by Crippen LogP contribution is -2.30. The summed E-state index contributed by atoms with van der Waals surface area (Å²) in [5.74, 6) is 0.248. The van der Waals surface area contributed by atoms with Gasteiger partial charge in [0.1, 0.15) is 5.25 Å². The van der Waals surface area contributed by atoms with Gasteiger partial charge in [-0.15, -0.1) is 11.8 Å². The zero-order valence-electron chi connectivity index (χ0n) is 5.49. The molecule has 10 heavy (non-hydrogen) atoms. The molecule has 1 heterocycles. The van der Waals surface area contributed by atoms with Crippen LogP contribution in [0.4, 0.5) is 0 Å². The first-order valence-corrected chi connectivity index (χ1v) is 4.81. The first-order valence-electron chi connectivity index (χ1n) is 3.24. The van der Waals surface area contributed by atoms with Crippen LogP contribution in [0.25, 0.3) is 0 Å². The van der Waals surface area contributed by atoms with Gasteiger partial charge in [-0.1, -0.05) is 0 Å². The van der Waals surface area contributed by atoms with Gasteiger partial charge in [0.25, 0.3) is 0 Å². The van der Waals surface area contributed by atoms with Crippen molar-refractivity contribution in [1.29, 1.82) is 0 Å². The van der Waals surface area contributed by atoms with Crippen molar-refractivity contribution in [3.63, 3.8) is 0 Å². The molecule has 2 unspecified atom stereocenters. The molecule has 0 saturated carbocycles. The van der Waals surface area contributed by atoms with Crippen LogP contribution in [0, 0.1) is 0 Å². The highest BCUT2D eigenvalue weighted by Crippen LogP contribution is 2.28. The predicted octanol–water partition coefficient (Wildman–Crippen LogP) is 1.26. The van der Waals surface area contributed by atoms with Crippen LogP contribution in [0.2, 0.25) is 0 Å². The summed E-state index contributed by atoms with van der Waals surface area (Å²) in [5.41, 5.74) is 0. The lowest BCUT2D eigenvalue weighted by Gasteiger charge is -2.23. The molecule has 0 bridgehead atoms. The zero-order chi connectivity index (χ0) is 7.56. The van der Waals surface area contributed by atoms with Crippen LogP contribution in [0.15, 0.2) is 0 Å². The van der Waals surface area contributed by atoms with E-state index in [9.17, 15) is 4.79 Å². The summed E-state index contributed by atoms with van der Waals surface area (Å²) in [6, 6.07) is 0. The fourth-order valence-electron chi connectivity index (χ4n) is 1.00. The molecule has 0 radical (unpaired) electrons. The third-order valence-electron chi connectivity index (χ3n) is 1.53. The van der Waals surface area contributed by atoms with Gasteiger partial charge < -0.3 is 5.11 Å². The maximum absolute atomic E-state index is 10.5. The summed E-state index contributed by atoms with van der Waals surface area (Å²) in [6.45, 7) is 0. The fraction of sp³-hybridized carbons (Fsp3) is 0.833. The molecule has 1 N–H and O–H groups in total. The normalized spacial score (nSPS) is 33.7. The highest BCUT2D eigenvalue weighted by atomic mass is 32.2. The van der Waals surface area contributed by atoms with Crippen molar-refractivity contribution in [3.05, 3.63) is 0 Å². The number of thioether (sulfide) groups is 1. The summed E-state index contributed by atoms with van der Waals surface area (Å²) in [6.07, 6.45) is 2.04. The van der Waals surface area contributed by atoms with Crippen molar-refractivity contribution in [2.24, 2.45) is 0 Å². The predicted molar refractivity (Wildman–Crippen MR) is 45.9 cm³/mol. The fourth-order valence-corrected chi connectivity index (χ4v) is 2.66. The molecule has 0 aromatic heterocycles. The number of thiol groups is 1. The van der Waals surface area contributed by atoms with Gasteiger partial charge in [0.2, 0.25) is 0 Å². The van der Waals surface area contributed by atoms with Gasteiger partial charge in [-0.3, -0.25) is 4.79 Å². The third kappa shape index (κ3) is 1.83. The van der Waals surface area contributed by atoms with Crippen LogP contribution < -0.4 is 0 Å². The van der Waals surface area contributed by atoms with Crippen LogP contribution in [-0.4, -0.2) is 27.3 Å². The highest BCUT2D eigenvalue weighted by molar-refractivity contribution is 8.01. The molecule has 1 saturated heterocycles. The average molecular weight is 178 g/mol. The standard InChI is InChI=1S/C6H10O2S2/c7-6(8)5-4(9)2-1-3-10-5/h4-5,9H,1-3H2,(H,7,8). The quantitative estimate of drug-likeness (QED) is 0.594. The van der Waals surface area contributed by atoms with E-state index in [0.29, 0.717) is 0 Å². The van der Waals surface area contributed by atoms with E-state index in [1.165, 1.54) is 11.8 Å². The second-order valence-corrected chi connectivity index (χ2v) is 4.25.